The van der Waals surface area contributed by atoms with Crippen molar-refractivity contribution in [2.45, 2.75) is 26.3 Å². The van der Waals surface area contributed by atoms with E-state index in [9.17, 15) is 9.59 Å². The van der Waals surface area contributed by atoms with Crippen LogP contribution in [0.3, 0.4) is 0 Å². The van der Waals surface area contributed by atoms with Gasteiger partial charge in [-0.2, -0.15) is 0 Å². The van der Waals surface area contributed by atoms with E-state index in [4.69, 9.17) is 9.47 Å². The summed E-state index contributed by atoms with van der Waals surface area (Å²) in [5.74, 6) is -0.357. The third kappa shape index (κ3) is 6.84. The van der Waals surface area contributed by atoms with Gasteiger partial charge in [0.2, 0.25) is 0 Å². The van der Waals surface area contributed by atoms with Crippen molar-refractivity contribution >= 4 is 23.3 Å². The number of amides is 1. The lowest BCUT2D eigenvalue weighted by Crippen LogP contribution is -2.35. The van der Waals surface area contributed by atoms with Crippen LogP contribution in [0.5, 0.6) is 5.75 Å². The molecule has 1 amide bonds. The Labute approximate surface area is 153 Å². The summed E-state index contributed by atoms with van der Waals surface area (Å²) in [7, 11) is 0. The number of hydrogen-bond acceptors (Lipinski definition) is 5. The highest BCUT2D eigenvalue weighted by molar-refractivity contribution is 5.81. The first-order valence-electron chi connectivity index (χ1n) is 8.56. The number of carbonyl (C=O) groups excluding carboxylic acids is 2. The number of para-hydroxylation sites is 1. The summed E-state index contributed by atoms with van der Waals surface area (Å²) in [6.45, 7) is 3.30. The zero-order valence-electron chi connectivity index (χ0n) is 15.0. The van der Waals surface area contributed by atoms with E-state index in [2.05, 4.69) is 10.6 Å². The van der Waals surface area contributed by atoms with Gasteiger partial charge in [0.1, 0.15) is 5.75 Å². The second kappa shape index (κ2) is 10.1. The molecule has 1 atom stereocenters. The first-order chi connectivity index (χ1) is 12.6. The number of anilines is 2. The van der Waals surface area contributed by atoms with Crippen molar-refractivity contribution in [1.82, 2.24) is 5.32 Å². The molecule has 0 aromatic heterocycles. The molecule has 0 aliphatic rings. The maximum Gasteiger partial charge on any atom is 0.344 e. The number of nitrogens with one attached hydrogen (secondary N) is 2. The Kier molecular flexibility index (Phi) is 7.49. The molecule has 6 nitrogen and oxygen atoms in total. The van der Waals surface area contributed by atoms with Crippen LogP contribution in [0, 0.1) is 0 Å². The fourth-order valence-electron chi connectivity index (χ4n) is 2.07. The molecule has 2 N–H and O–H groups in total. The normalized spacial score (nSPS) is 11.3. The van der Waals surface area contributed by atoms with Gasteiger partial charge in [0.15, 0.2) is 13.2 Å². The second-order valence-corrected chi connectivity index (χ2v) is 5.84. The SMILES string of the molecule is CC[C@H](C)NC(=O)COC(=O)COc1ccc(Nc2ccccc2)cc1. The van der Waals surface area contributed by atoms with E-state index in [0.717, 1.165) is 17.8 Å². The number of rotatable bonds is 9. The molecule has 2 aromatic rings. The summed E-state index contributed by atoms with van der Waals surface area (Å²) in [5.41, 5.74) is 1.90. The van der Waals surface area contributed by atoms with Gasteiger partial charge < -0.3 is 20.1 Å². The molecule has 0 radical (unpaired) electrons. The molecule has 0 saturated carbocycles. The number of benzene rings is 2. The van der Waals surface area contributed by atoms with Crippen LogP contribution in [0.25, 0.3) is 0 Å². The lowest BCUT2D eigenvalue weighted by Gasteiger charge is -2.12. The number of esters is 1. The fourth-order valence-corrected chi connectivity index (χ4v) is 2.07. The molecule has 26 heavy (non-hydrogen) atoms. The second-order valence-electron chi connectivity index (χ2n) is 5.84. The third-order valence-electron chi connectivity index (χ3n) is 3.66. The number of hydrogen-bond donors (Lipinski definition) is 2. The van der Waals surface area contributed by atoms with Crippen molar-refractivity contribution in [3.05, 3.63) is 54.6 Å². The largest absolute Gasteiger partial charge is 0.482 e. The molecule has 0 heterocycles. The van der Waals surface area contributed by atoms with Crippen LogP contribution in [0.1, 0.15) is 20.3 Å². The number of carbonyl (C=O) groups is 2. The van der Waals surface area contributed by atoms with Gasteiger partial charge in [-0.1, -0.05) is 25.1 Å². The predicted octanol–water partition coefficient (Wildman–Crippen LogP) is 3.27. The Morgan fingerprint density at radius 3 is 2.27 bits per heavy atom. The van der Waals surface area contributed by atoms with Gasteiger partial charge in [-0.15, -0.1) is 0 Å². The summed E-state index contributed by atoms with van der Waals surface area (Å²) in [6.07, 6.45) is 0.817. The summed E-state index contributed by atoms with van der Waals surface area (Å²) >= 11 is 0. The molecule has 0 unspecified atom stereocenters. The van der Waals surface area contributed by atoms with E-state index in [0.29, 0.717) is 5.75 Å². The molecule has 0 spiro atoms. The quantitative estimate of drug-likeness (QED) is 0.675. The molecule has 0 bridgehead atoms. The Bertz CT molecular complexity index is 702. The summed E-state index contributed by atoms with van der Waals surface area (Å²) in [6, 6.07) is 17.1. The standard InChI is InChI=1S/C20H24N2O4/c1-3-15(2)21-19(23)13-26-20(24)14-25-18-11-9-17(10-12-18)22-16-7-5-4-6-8-16/h4-12,15,22H,3,13-14H2,1-2H3,(H,21,23)/t15-/m0/s1. The van der Waals surface area contributed by atoms with Gasteiger partial charge in [-0.05, 0) is 49.7 Å². The third-order valence-corrected chi connectivity index (χ3v) is 3.66. The Balaban J connectivity index is 1.72. The minimum Gasteiger partial charge on any atom is -0.482 e. The first-order valence-corrected chi connectivity index (χ1v) is 8.56. The van der Waals surface area contributed by atoms with E-state index in [-0.39, 0.29) is 25.2 Å². The zero-order chi connectivity index (χ0) is 18.8. The predicted molar refractivity (Wildman–Crippen MR) is 101 cm³/mol. The van der Waals surface area contributed by atoms with Crippen LogP contribution in [0.2, 0.25) is 0 Å². The highest BCUT2D eigenvalue weighted by Crippen LogP contribution is 2.19. The molecule has 0 aliphatic carbocycles. The van der Waals surface area contributed by atoms with Crippen LogP contribution in [0.15, 0.2) is 54.6 Å². The van der Waals surface area contributed by atoms with Gasteiger partial charge >= 0.3 is 5.97 Å². The van der Waals surface area contributed by atoms with Gasteiger partial charge in [-0.25, -0.2) is 4.79 Å². The molecule has 138 valence electrons. The minimum absolute atomic E-state index is 0.0560. The van der Waals surface area contributed by atoms with Crippen molar-refractivity contribution in [2.75, 3.05) is 18.5 Å². The molecule has 2 rings (SSSR count). The van der Waals surface area contributed by atoms with Gasteiger partial charge in [0.25, 0.3) is 5.91 Å². The van der Waals surface area contributed by atoms with Crippen molar-refractivity contribution in [3.63, 3.8) is 0 Å². The molecule has 2 aromatic carbocycles. The maximum atomic E-state index is 11.6. The number of ether oxygens (including phenoxy) is 2. The highest BCUT2D eigenvalue weighted by Gasteiger charge is 2.10. The smallest absolute Gasteiger partial charge is 0.344 e. The Hall–Kier alpha value is -3.02. The highest BCUT2D eigenvalue weighted by atomic mass is 16.6. The monoisotopic (exact) mass is 356 g/mol. The van der Waals surface area contributed by atoms with Gasteiger partial charge in [0, 0.05) is 17.4 Å². The summed E-state index contributed by atoms with van der Waals surface area (Å²) in [5, 5.41) is 5.98. The van der Waals surface area contributed by atoms with E-state index in [1.807, 2.05) is 56.3 Å². The zero-order valence-corrected chi connectivity index (χ0v) is 15.0. The molecule has 0 fully saturated rings. The lowest BCUT2D eigenvalue weighted by molar-refractivity contribution is -0.150. The van der Waals surface area contributed by atoms with E-state index in [1.165, 1.54) is 0 Å². The average Bonchev–Trinajstić information content (AvgIpc) is 2.66. The maximum absolute atomic E-state index is 11.6. The van der Waals surface area contributed by atoms with Crippen LogP contribution in [-0.2, 0) is 14.3 Å². The summed E-state index contributed by atoms with van der Waals surface area (Å²) in [4.78, 5) is 23.2. The molecular weight excluding hydrogens is 332 g/mol. The van der Waals surface area contributed by atoms with E-state index in [1.54, 1.807) is 12.1 Å². The van der Waals surface area contributed by atoms with Crippen LogP contribution >= 0.6 is 0 Å². The van der Waals surface area contributed by atoms with Crippen LogP contribution < -0.4 is 15.4 Å². The van der Waals surface area contributed by atoms with Gasteiger partial charge in [0.05, 0.1) is 0 Å². The lowest BCUT2D eigenvalue weighted by atomic mass is 10.2. The van der Waals surface area contributed by atoms with Crippen LogP contribution in [-0.4, -0.2) is 31.1 Å². The molecule has 0 saturated heterocycles. The van der Waals surface area contributed by atoms with Crippen molar-refractivity contribution in [1.29, 1.82) is 0 Å². The topological polar surface area (TPSA) is 76.7 Å². The van der Waals surface area contributed by atoms with Crippen molar-refractivity contribution in [2.24, 2.45) is 0 Å². The molecular formula is C20H24N2O4. The van der Waals surface area contributed by atoms with E-state index < -0.39 is 5.97 Å². The van der Waals surface area contributed by atoms with Crippen LogP contribution in [0.4, 0.5) is 11.4 Å². The average molecular weight is 356 g/mol. The molecule has 0 aliphatic heterocycles. The van der Waals surface area contributed by atoms with Gasteiger partial charge in [-0.3, -0.25) is 4.79 Å². The van der Waals surface area contributed by atoms with Crippen molar-refractivity contribution in [3.8, 4) is 5.75 Å². The fraction of sp³-hybridized carbons (Fsp3) is 0.300. The first kappa shape index (κ1) is 19.3. The minimum atomic E-state index is -0.587. The molecule has 6 heteroatoms. The van der Waals surface area contributed by atoms with E-state index >= 15 is 0 Å². The Morgan fingerprint density at radius 2 is 1.62 bits per heavy atom. The summed E-state index contributed by atoms with van der Waals surface area (Å²) < 4.78 is 10.3. The van der Waals surface area contributed by atoms with Crippen molar-refractivity contribution < 1.29 is 19.1 Å². The Morgan fingerprint density at radius 1 is 0.962 bits per heavy atom.